The number of H-pyrrole nitrogens is 2. The first-order valence-electron chi connectivity index (χ1n) is 14.2. The Morgan fingerprint density at radius 1 is 0.886 bits per heavy atom. The van der Waals surface area contributed by atoms with Crippen LogP contribution in [0.1, 0.15) is 58.8 Å². The van der Waals surface area contributed by atoms with Gasteiger partial charge < -0.3 is 30.4 Å². The molecule has 2 aromatic rings. The van der Waals surface area contributed by atoms with Crippen molar-refractivity contribution in [1.82, 2.24) is 20.2 Å². The minimum Gasteiger partial charge on any atom is -0.481 e. The number of allylic oxidation sites excluding steroid dienone is 3. The van der Waals surface area contributed by atoms with Crippen LogP contribution in [0.15, 0.2) is 77.8 Å². The summed E-state index contributed by atoms with van der Waals surface area (Å²) in [5.41, 5.74) is 3.65. The van der Waals surface area contributed by atoms with Crippen molar-refractivity contribution in [3.05, 3.63) is 99.9 Å². The Hall–Kier alpha value is -5.12. The highest BCUT2D eigenvalue weighted by atomic mass is 16.4. The van der Waals surface area contributed by atoms with Gasteiger partial charge in [-0.1, -0.05) is 26.0 Å². The fraction of sp³-hybridized carbons (Fsp3) is 0.294. The number of carbonyl (C=O) groups excluding carboxylic acids is 2. The molecular weight excluding hydrogens is 560 g/mol. The van der Waals surface area contributed by atoms with Crippen LogP contribution < -0.4 is 16.0 Å². The van der Waals surface area contributed by atoms with E-state index in [-0.39, 0.29) is 18.5 Å². The predicted molar refractivity (Wildman–Crippen MR) is 170 cm³/mol. The Balaban J connectivity index is 0.000000461. The number of aromatic amines is 2. The van der Waals surface area contributed by atoms with Crippen molar-refractivity contribution in [2.45, 2.75) is 53.0 Å². The van der Waals surface area contributed by atoms with Crippen LogP contribution in [0.3, 0.4) is 0 Å². The molecule has 0 amide bonds. The smallest absolute Gasteiger partial charge is 0.303 e. The summed E-state index contributed by atoms with van der Waals surface area (Å²) in [5.74, 6) is -2.57. The van der Waals surface area contributed by atoms with Crippen molar-refractivity contribution in [2.24, 2.45) is 5.41 Å². The Morgan fingerprint density at radius 2 is 1.43 bits per heavy atom. The number of rotatable bonds is 4. The van der Waals surface area contributed by atoms with E-state index < -0.39 is 34.5 Å². The van der Waals surface area contributed by atoms with Crippen molar-refractivity contribution in [1.29, 1.82) is 0 Å². The molecule has 0 spiro atoms. The molecule has 8 bridgehead atoms. The zero-order valence-corrected chi connectivity index (χ0v) is 26.0. The van der Waals surface area contributed by atoms with Gasteiger partial charge in [-0.15, -0.1) is 13.2 Å². The van der Waals surface area contributed by atoms with Crippen LogP contribution in [0.2, 0.25) is 0 Å². The van der Waals surface area contributed by atoms with E-state index in [2.05, 4.69) is 53.3 Å². The van der Waals surface area contributed by atoms with Gasteiger partial charge in [0.2, 0.25) is 0 Å². The highest BCUT2D eigenvalue weighted by molar-refractivity contribution is 6.52. The van der Waals surface area contributed by atoms with Gasteiger partial charge in [-0.25, -0.2) is 0 Å². The number of carboxylic acids is 2. The molecule has 1 fully saturated rings. The van der Waals surface area contributed by atoms with Crippen LogP contribution in [-0.4, -0.2) is 61.2 Å². The number of fused-ring (bicyclic) bond motifs is 8. The Bertz CT molecular complexity index is 1740. The molecule has 0 aliphatic carbocycles. The minimum atomic E-state index is -0.745. The lowest BCUT2D eigenvalue weighted by molar-refractivity contribution is -0.137. The average Bonchev–Trinajstić information content (AvgIpc) is 3.74. The van der Waals surface area contributed by atoms with Gasteiger partial charge in [0, 0.05) is 53.1 Å². The SMILES string of the molecule is C=CC1(C)C(C)=C2C(C)=C3NC(=Cc4ccc([nH]4)C=c4ccc([nH]4)=CC1(C=C)N2C)C(=O)C3=O.CCC(=O)O.CCC(=O)O. The Kier molecular flexibility index (Phi) is 9.89. The van der Waals surface area contributed by atoms with Crippen molar-refractivity contribution in [2.75, 3.05) is 7.05 Å². The van der Waals surface area contributed by atoms with Gasteiger partial charge >= 0.3 is 11.9 Å². The van der Waals surface area contributed by atoms with Crippen LogP contribution in [0.5, 0.6) is 0 Å². The predicted octanol–water partition coefficient (Wildman–Crippen LogP) is 3.62. The van der Waals surface area contributed by atoms with Crippen LogP contribution in [-0.2, 0) is 19.2 Å². The third-order valence-corrected chi connectivity index (χ3v) is 8.30. The van der Waals surface area contributed by atoms with E-state index in [4.69, 9.17) is 10.2 Å². The molecule has 232 valence electrons. The molecule has 44 heavy (non-hydrogen) atoms. The number of hydrogen-bond donors (Lipinski definition) is 5. The molecule has 5 rings (SSSR count). The highest BCUT2D eigenvalue weighted by Gasteiger charge is 2.54. The normalized spacial score (nSPS) is 22.0. The summed E-state index contributed by atoms with van der Waals surface area (Å²) in [6.45, 7) is 17.6. The van der Waals surface area contributed by atoms with Crippen LogP contribution in [0.25, 0.3) is 18.2 Å². The number of nitrogens with zero attached hydrogens (tertiary/aromatic N) is 1. The first-order valence-corrected chi connectivity index (χ1v) is 14.2. The van der Waals surface area contributed by atoms with E-state index in [1.165, 1.54) is 0 Å². The number of Topliss-reactive ketones (excluding diaryl/α,β-unsaturated/α-hetero) is 2. The second-order valence-corrected chi connectivity index (χ2v) is 10.8. The zero-order valence-electron chi connectivity index (χ0n) is 26.0. The first kappa shape index (κ1) is 33.4. The van der Waals surface area contributed by atoms with Gasteiger partial charge in [0.15, 0.2) is 0 Å². The molecule has 3 aliphatic rings. The summed E-state index contributed by atoms with van der Waals surface area (Å²) in [6.07, 6.45) is 10.1. The number of carboxylic acid groups (broad SMARTS) is 2. The maximum absolute atomic E-state index is 13.0. The van der Waals surface area contributed by atoms with Gasteiger partial charge in [-0.2, -0.15) is 0 Å². The van der Waals surface area contributed by atoms with Gasteiger partial charge in [-0.3, -0.25) is 19.2 Å². The van der Waals surface area contributed by atoms with Gasteiger partial charge in [-0.05, 0) is 74.4 Å². The van der Waals surface area contributed by atoms with Gasteiger partial charge in [0.05, 0.1) is 16.9 Å². The molecular formula is C34H40N4O6. The first-order chi connectivity index (χ1) is 20.7. The highest BCUT2D eigenvalue weighted by Crippen LogP contribution is 2.54. The van der Waals surface area contributed by atoms with E-state index in [1.54, 1.807) is 19.9 Å². The van der Waals surface area contributed by atoms with Gasteiger partial charge in [0.1, 0.15) is 0 Å². The lowest BCUT2D eigenvalue weighted by atomic mass is 9.68. The fourth-order valence-corrected chi connectivity index (χ4v) is 5.56. The molecule has 2 unspecified atom stereocenters. The summed E-state index contributed by atoms with van der Waals surface area (Å²) >= 11 is 0. The number of hydrogen-bond acceptors (Lipinski definition) is 6. The molecule has 1 saturated heterocycles. The third-order valence-electron chi connectivity index (χ3n) is 8.30. The van der Waals surface area contributed by atoms with Crippen molar-refractivity contribution in [3.63, 3.8) is 0 Å². The van der Waals surface area contributed by atoms with Crippen molar-refractivity contribution < 1.29 is 29.4 Å². The molecule has 0 saturated carbocycles. The summed E-state index contributed by atoms with van der Waals surface area (Å²) in [7, 11) is 1.99. The number of carbonyl (C=O) groups is 4. The molecule has 2 aromatic heterocycles. The molecule has 3 aliphatic heterocycles. The fourth-order valence-electron chi connectivity index (χ4n) is 5.56. The monoisotopic (exact) mass is 600 g/mol. The molecule has 10 nitrogen and oxygen atoms in total. The number of ketones is 2. The molecule has 0 radical (unpaired) electrons. The van der Waals surface area contributed by atoms with Gasteiger partial charge in [0.25, 0.3) is 11.6 Å². The minimum absolute atomic E-state index is 0.222. The van der Waals surface area contributed by atoms with Crippen molar-refractivity contribution >= 4 is 41.7 Å². The van der Waals surface area contributed by atoms with Crippen LogP contribution in [0, 0.1) is 5.41 Å². The maximum Gasteiger partial charge on any atom is 0.303 e. The zero-order chi connectivity index (χ0) is 33.0. The molecule has 2 atom stereocenters. The third kappa shape index (κ3) is 6.01. The maximum atomic E-state index is 13.0. The molecule has 0 aromatic carbocycles. The number of nitrogens with one attached hydrogen (secondary N) is 3. The Morgan fingerprint density at radius 3 is 1.95 bits per heavy atom. The van der Waals surface area contributed by atoms with Crippen LogP contribution >= 0.6 is 0 Å². The summed E-state index contributed by atoms with van der Waals surface area (Å²) < 4.78 is 0. The number of likely N-dealkylation sites (N-methyl/N-ethyl adjacent to an activating group) is 1. The summed E-state index contributed by atoms with van der Waals surface area (Å²) in [5, 5.41) is 20.4. The standard InChI is InChI=1S/C28H28N4O2.2C3H6O2/c1-7-27(5)17(4)24-16(3)23-26(34)25(33)22(31-23)14-20-10-9-18(29-20)13-19-11-12-21(30-19)15-28(27,8-2)32(24)6;2*1-2-3(4)5/h7-15,29-31H,1-2H2,3-6H3;2*2H2,1H3,(H,4,5). The Labute approximate surface area is 256 Å². The van der Waals surface area contributed by atoms with E-state index in [0.717, 1.165) is 33.4 Å². The lowest BCUT2D eigenvalue weighted by Gasteiger charge is -2.44. The number of aromatic nitrogens is 2. The summed E-state index contributed by atoms with van der Waals surface area (Å²) in [4.78, 5) is 53.5. The quantitative estimate of drug-likeness (QED) is 0.263. The number of aliphatic carboxylic acids is 2. The van der Waals surface area contributed by atoms with E-state index in [1.807, 2.05) is 56.5 Å². The molecule has 10 heteroatoms. The summed E-state index contributed by atoms with van der Waals surface area (Å²) in [6, 6.07) is 7.89. The second-order valence-electron chi connectivity index (χ2n) is 10.8. The average molecular weight is 601 g/mol. The largest absolute Gasteiger partial charge is 0.481 e. The lowest BCUT2D eigenvalue weighted by Crippen LogP contribution is -2.50. The van der Waals surface area contributed by atoms with E-state index in [9.17, 15) is 19.2 Å². The topological polar surface area (TPSA) is 156 Å². The van der Waals surface area contributed by atoms with Crippen molar-refractivity contribution in [3.8, 4) is 0 Å². The second kappa shape index (κ2) is 13.0. The van der Waals surface area contributed by atoms with E-state index in [0.29, 0.717) is 11.3 Å². The van der Waals surface area contributed by atoms with E-state index >= 15 is 0 Å². The van der Waals surface area contributed by atoms with Crippen LogP contribution in [0.4, 0.5) is 0 Å². The molecule has 5 N–H and O–H groups in total. The molecule has 5 heterocycles.